The van der Waals surface area contributed by atoms with E-state index in [9.17, 15) is 18.4 Å². The first-order valence-electron chi connectivity index (χ1n) is 8.52. The number of hydrogen-bond donors (Lipinski definition) is 1. The van der Waals surface area contributed by atoms with Crippen molar-refractivity contribution in [3.05, 3.63) is 51.2 Å². The number of esters is 1. The third-order valence-electron chi connectivity index (χ3n) is 4.29. The van der Waals surface area contributed by atoms with E-state index >= 15 is 0 Å². The predicted octanol–water partition coefficient (Wildman–Crippen LogP) is 4.48. The third-order valence-corrected chi connectivity index (χ3v) is 5.50. The normalized spacial score (nSPS) is 14.9. The molecule has 0 radical (unpaired) electrons. The standard InChI is InChI=1S/C19H19F2NO3S/c1-11(18(23)22-15-10-13(20)7-8-14(15)21)25-19(24)17-9-12-5-3-2-4-6-16(12)26-17/h7-11H,2-6H2,1H3,(H,22,23)/t11-/m0/s1. The van der Waals surface area contributed by atoms with Crippen LogP contribution in [-0.4, -0.2) is 18.0 Å². The molecule has 1 atom stereocenters. The van der Waals surface area contributed by atoms with Crippen molar-refractivity contribution in [2.75, 3.05) is 5.32 Å². The number of aryl methyl sites for hydroxylation is 2. The Morgan fingerprint density at radius 3 is 2.73 bits per heavy atom. The van der Waals surface area contributed by atoms with Gasteiger partial charge in [0.25, 0.3) is 5.91 Å². The molecule has 0 saturated carbocycles. The number of benzene rings is 1. The first-order chi connectivity index (χ1) is 12.4. The minimum Gasteiger partial charge on any atom is -0.448 e. The number of nitrogens with one attached hydrogen (secondary N) is 1. The fraction of sp³-hybridized carbons (Fsp3) is 0.368. The summed E-state index contributed by atoms with van der Waals surface area (Å²) in [6, 6.07) is 4.58. The van der Waals surface area contributed by atoms with Gasteiger partial charge in [-0.15, -0.1) is 11.3 Å². The van der Waals surface area contributed by atoms with E-state index in [2.05, 4.69) is 5.32 Å². The van der Waals surface area contributed by atoms with Crippen molar-refractivity contribution in [2.24, 2.45) is 0 Å². The smallest absolute Gasteiger partial charge is 0.349 e. The molecule has 0 spiro atoms. The average molecular weight is 379 g/mol. The van der Waals surface area contributed by atoms with Gasteiger partial charge in [0, 0.05) is 10.9 Å². The van der Waals surface area contributed by atoms with Crippen LogP contribution in [0.1, 0.15) is 46.3 Å². The number of fused-ring (bicyclic) bond motifs is 1. The largest absolute Gasteiger partial charge is 0.448 e. The highest BCUT2D eigenvalue weighted by molar-refractivity contribution is 7.14. The van der Waals surface area contributed by atoms with E-state index in [-0.39, 0.29) is 5.69 Å². The van der Waals surface area contributed by atoms with E-state index in [4.69, 9.17) is 4.74 Å². The summed E-state index contributed by atoms with van der Waals surface area (Å²) >= 11 is 1.40. The maximum absolute atomic E-state index is 13.6. The van der Waals surface area contributed by atoms with Crippen molar-refractivity contribution in [1.82, 2.24) is 0 Å². The Bertz CT molecular complexity index is 811. The van der Waals surface area contributed by atoms with Crippen molar-refractivity contribution in [3.63, 3.8) is 0 Å². The molecular formula is C19H19F2NO3S. The van der Waals surface area contributed by atoms with Crippen molar-refractivity contribution < 1.29 is 23.1 Å². The van der Waals surface area contributed by atoms with Crippen LogP contribution in [0.5, 0.6) is 0 Å². The molecule has 3 rings (SSSR count). The molecule has 1 heterocycles. The van der Waals surface area contributed by atoms with E-state index in [0.717, 1.165) is 43.9 Å². The molecule has 2 aromatic rings. The van der Waals surface area contributed by atoms with Gasteiger partial charge in [0.05, 0.1) is 5.69 Å². The lowest BCUT2D eigenvalue weighted by atomic mass is 10.1. The van der Waals surface area contributed by atoms with Gasteiger partial charge in [0.1, 0.15) is 16.5 Å². The number of hydrogen-bond acceptors (Lipinski definition) is 4. The van der Waals surface area contributed by atoms with Gasteiger partial charge in [-0.05, 0) is 56.4 Å². The monoisotopic (exact) mass is 379 g/mol. The highest BCUT2D eigenvalue weighted by Crippen LogP contribution is 2.29. The maximum Gasteiger partial charge on any atom is 0.349 e. The number of rotatable bonds is 4. The summed E-state index contributed by atoms with van der Waals surface area (Å²) in [5.74, 6) is -2.74. The Morgan fingerprint density at radius 1 is 1.15 bits per heavy atom. The Hall–Kier alpha value is -2.28. The van der Waals surface area contributed by atoms with Crippen LogP contribution < -0.4 is 5.32 Å². The number of ether oxygens (including phenoxy) is 1. The molecule has 0 saturated heterocycles. The predicted molar refractivity (Wildman–Crippen MR) is 95.4 cm³/mol. The Balaban J connectivity index is 1.63. The molecule has 1 aliphatic rings. The average Bonchev–Trinajstić information content (AvgIpc) is 2.89. The topological polar surface area (TPSA) is 55.4 Å². The van der Waals surface area contributed by atoms with Gasteiger partial charge in [0.2, 0.25) is 0 Å². The first-order valence-corrected chi connectivity index (χ1v) is 9.34. The molecule has 138 valence electrons. The van der Waals surface area contributed by atoms with Crippen molar-refractivity contribution in [2.45, 2.75) is 45.1 Å². The molecular weight excluding hydrogens is 360 g/mol. The zero-order valence-corrected chi connectivity index (χ0v) is 15.1. The van der Waals surface area contributed by atoms with E-state index in [1.54, 1.807) is 0 Å². The highest BCUT2D eigenvalue weighted by atomic mass is 32.1. The van der Waals surface area contributed by atoms with Crippen molar-refractivity contribution in [1.29, 1.82) is 0 Å². The Labute approximate surface area is 154 Å². The van der Waals surface area contributed by atoms with Crippen molar-refractivity contribution in [3.8, 4) is 0 Å². The molecule has 0 aliphatic heterocycles. The van der Waals surface area contributed by atoms with Crippen LogP contribution in [0, 0.1) is 11.6 Å². The van der Waals surface area contributed by atoms with Gasteiger partial charge in [-0.1, -0.05) is 6.42 Å². The molecule has 0 fully saturated rings. The molecule has 1 aromatic carbocycles. The lowest BCUT2D eigenvalue weighted by Gasteiger charge is -2.13. The quantitative estimate of drug-likeness (QED) is 0.629. The minimum atomic E-state index is -1.13. The van der Waals surface area contributed by atoms with Crippen LogP contribution in [0.15, 0.2) is 24.3 Å². The fourth-order valence-electron chi connectivity index (χ4n) is 2.87. The number of anilines is 1. The number of amides is 1. The maximum atomic E-state index is 13.6. The van der Waals surface area contributed by atoms with Crippen molar-refractivity contribution >= 4 is 28.9 Å². The lowest BCUT2D eigenvalue weighted by Crippen LogP contribution is -2.30. The molecule has 1 aliphatic carbocycles. The lowest BCUT2D eigenvalue weighted by molar-refractivity contribution is -0.123. The highest BCUT2D eigenvalue weighted by Gasteiger charge is 2.23. The van der Waals surface area contributed by atoms with E-state index in [0.29, 0.717) is 4.88 Å². The third kappa shape index (κ3) is 4.27. The number of carbonyl (C=O) groups excluding carboxylic acids is 2. The number of carbonyl (C=O) groups is 2. The molecule has 0 bridgehead atoms. The van der Waals surface area contributed by atoms with Gasteiger partial charge in [-0.25, -0.2) is 13.6 Å². The molecule has 26 heavy (non-hydrogen) atoms. The van der Waals surface area contributed by atoms with Gasteiger partial charge in [-0.3, -0.25) is 4.79 Å². The number of thiophene rings is 1. The zero-order valence-electron chi connectivity index (χ0n) is 14.3. The van der Waals surface area contributed by atoms with Crippen LogP contribution >= 0.6 is 11.3 Å². The van der Waals surface area contributed by atoms with Crippen LogP contribution in [0.4, 0.5) is 14.5 Å². The summed E-state index contributed by atoms with van der Waals surface area (Å²) in [6.45, 7) is 1.39. The summed E-state index contributed by atoms with van der Waals surface area (Å²) in [7, 11) is 0. The molecule has 7 heteroatoms. The summed E-state index contributed by atoms with van der Waals surface area (Å²) in [5, 5.41) is 2.24. The minimum absolute atomic E-state index is 0.291. The van der Waals surface area contributed by atoms with E-state index in [1.807, 2.05) is 6.07 Å². The second kappa shape index (κ2) is 7.95. The van der Waals surface area contributed by atoms with Gasteiger partial charge >= 0.3 is 5.97 Å². The van der Waals surface area contributed by atoms with E-state index in [1.165, 1.54) is 35.1 Å². The van der Waals surface area contributed by atoms with Gasteiger partial charge in [0.15, 0.2) is 6.10 Å². The van der Waals surface area contributed by atoms with Crippen LogP contribution in [-0.2, 0) is 22.4 Å². The Morgan fingerprint density at radius 2 is 1.92 bits per heavy atom. The molecule has 1 aromatic heterocycles. The SMILES string of the molecule is C[C@H](OC(=O)c1cc2c(s1)CCCCC2)C(=O)Nc1cc(F)ccc1F. The molecule has 4 nitrogen and oxygen atoms in total. The second-order valence-corrected chi connectivity index (χ2v) is 7.42. The van der Waals surface area contributed by atoms with Crippen LogP contribution in [0.3, 0.4) is 0 Å². The van der Waals surface area contributed by atoms with E-state index < -0.39 is 29.6 Å². The zero-order chi connectivity index (χ0) is 18.7. The Kier molecular flexibility index (Phi) is 5.66. The summed E-state index contributed by atoms with van der Waals surface area (Å²) in [5.41, 5.74) is 0.888. The molecule has 0 unspecified atom stereocenters. The first kappa shape index (κ1) is 18.5. The number of halogens is 2. The summed E-state index contributed by atoms with van der Waals surface area (Å²) < 4.78 is 32.0. The van der Waals surface area contributed by atoms with Crippen LogP contribution in [0.25, 0.3) is 0 Å². The summed E-state index contributed by atoms with van der Waals surface area (Å²) in [4.78, 5) is 26.1. The van der Waals surface area contributed by atoms with Gasteiger partial charge < -0.3 is 10.1 Å². The second-order valence-electron chi connectivity index (χ2n) is 6.28. The van der Waals surface area contributed by atoms with Gasteiger partial charge in [-0.2, -0.15) is 0 Å². The fourth-order valence-corrected chi connectivity index (χ4v) is 4.00. The summed E-state index contributed by atoms with van der Waals surface area (Å²) in [6.07, 6.45) is 4.19. The molecule has 1 N–H and O–H groups in total. The molecule has 1 amide bonds. The van der Waals surface area contributed by atoms with Crippen LogP contribution in [0.2, 0.25) is 0 Å².